The van der Waals surface area contributed by atoms with Crippen molar-refractivity contribution in [1.82, 2.24) is 4.98 Å². The van der Waals surface area contributed by atoms with Gasteiger partial charge in [0.15, 0.2) is 0 Å². The summed E-state index contributed by atoms with van der Waals surface area (Å²) in [5.74, 6) is 0.557. The Morgan fingerprint density at radius 3 is 3.00 bits per heavy atom. The van der Waals surface area contributed by atoms with Crippen molar-refractivity contribution < 1.29 is 0 Å². The lowest BCUT2D eigenvalue weighted by Gasteiger charge is -2.04. The van der Waals surface area contributed by atoms with Crippen molar-refractivity contribution >= 4 is 23.2 Å². The van der Waals surface area contributed by atoms with Crippen molar-refractivity contribution in [3.8, 4) is 0 Å². The summed E-state index contributed by atoms with van der Waals surface area (Å²) in [6.45, 7) is 7.84. The lowest BCUT2D eigenvalue weighted by Crippen LogP contribution is -1.91. The molecule has 0 aliphatic heterocycles. The van der Waals surface area contributed by atoms with Crippen LogP contribution in [0.3, 0.4) is 0 Å². The molecule has 1 unspecified atom stereocenters. The number of hydrogen-bond acceptors (Lipinski definition) is 3. The molecule has 0 aliphatic rings. The number of thiazole rings is 1. The average molecular weight is 182 g/mol. The van der Waals surface area contributed by atoms with E-state index in [9.17, 15) is 0 Å². The van der Waals surface area contributed by atoms with Gasteiger partial charge in [-0.05, 0) is 19.1 Å². The highest BCUT2D eigenvalue weighted by atomic mass is 32.1. The molecule has 12 heavy (non-hydrogen) atoms. The number of nitrogens with zero attached hydrogens (tertiary/aromatic N) is 2. The molecule has 0 radical (unpaired) electrons. The number of rotatable bonds is 4. The van der Waals surface area contributed by atoms with Crippen LogP contribution in [0.2, 0.25) is 0 Å². The normalized spacial score (nSPS) is 12.8. The van der Waals surface area contributed by atoms with E-state index in [4.69, 9.17) is 0 Å². The molecule has 1 aromatic heterocycles. The van der Waals surface area contributed by atoms with Gasteiger partial charge in [0.25, 0.3) is 0 Å². The van der Waals surface area contributed by atoms with E-state index < -0.39 is 0 Å². The second-order valence-corrected chi connectivity index (χ2v) is 3.74. The van der Waals surface area contributed by atoms with Gasteiger partial charge in [0, 0.05) is 5.38 Å². The molecule has 0 saturated heterocycles. The van der Waals surface area contributed by atoms with Crippen molar-refractivity contribution in [3.63, 3.8) is 0 Å². The third-order valence-corrected chi connectivity index (χ3v) is 2.66. The topological polar surface area (TPSA) is 25.2 Å². The first-order chi connectivity index (χ1) is 5.77. The molecule has 1 heterocycles. The number of aromatic nitrogens is 1. The summed E-state index contributed by atoms with van der Waals surface area (Å²) >= 11 is 1.56. The van der Waals surface area contributed by atoms with Crippen LogP contribution in [-0.2, 0) is 0 Å². The Kier molecular flexibility index (Phi) is 3.41. The third-order valence-electron chi connectivity index (χ3n) is 1.87. The van der Waals surface area contributed by atoms with Crippen LogP contribution in [0.25, 0.3) is 0 Å². The predicted molar refractivity (Wildman–Crippen MR) is 54.6 cm³/mol. The van der Waals surface area contributed by atoms with Crippen LogP contribution in [0.4, 0.5) is 5.13 Å². The number of hydrogen-bond donors (Lipinski definition) is 0. The standard InChI is InChI=1S/C9H14N2S/c1-4-5-7(2)8-6-12-9(10-3)11-8/h6-7H,3-5H2,1-2H3. The minimum absolute atomic E-state index is 0.557. The van der Waals surface area contributed by atoms with Gasteiger partial charge < -0.3 is 0 Å². The van der Waals surface area contributed by atoms with Gasteiger partial charge in [0.2, 0.25) is 5.13 Å². The Morgan fingerprint density at radius 1 is 1.75 bits per heavy atom. The molecule has 0 aliphatic carbocycles. The summed E-state index contributed by atoms with van der Waals surface area (Å²) in [4.78, 5) is 8.13. The van der Waals surface area contributed by atoms with Gasteiger partial charge in [-0.15, -0.1) is 11.3 Å². The largest absolute Gasteiger partial charge is 0.236 e. The van der Waals surface area contributed by atoms with Gasteiger partial charge in [-0.25, -0.2) is 9.98 Å². The van der Waals surface area contributed by atoms with E-state index in [1.807, 2.05) is 0 Å². The highest BCUT2D eigenvalue weighted by Crippen LogP contribution is 2.25. The van der Waals surface area contributed by atoms with Crippen LogP contribution >= 0.6 is 11.3 Å². The molecule has 1 rings (SSSR count). The van der Waals surface area contributed by atoms with Crippen LogP contribution in [0.15, 0.2) is 10.4 Å². The van der Waals surface area contributed by atoms with Crippen LogP contribution in [0.5, 0.6) is 0 Å². The zero-order valence-electron chi connectivity index (χ0n) is 7.58. The van der Waals surface area contributed by atoms with Gasteiger partial charge >= 0.3 is 0 Å². The van der Waals surface area contributed by atoms with E-state index in [0.29, 0.717) is 5.92 Å². The van der Waals surface area contributed by atoms with Crippen molar-refractivity contribution in [1.29, 1.82) is 0 Å². The summed E-state index contributed by atoms with van der Waals surface area (Å²) in [5, 5.41) is 2.86. The first-order valence-corrected chi connectivity index (χ1v) is 5.08. The molecule has 66 valence electrons. The molecule has 1 atom stereocenters. The van der Waals surface area contributed by atoms with Crippen molar-refractivity contribution in [3.05, 3.63) is 11.1 Å². The Morgan fingerprint density at radius 2 is 2.50 bits per heavy atom. The highest BCUT2D eigenvalue weighted by molar-refractivity contribution is 7.13. The second-order valence-electron chi connectivity index (χ2n) is 2.90. The van der Waals surface area contributed by atoms with E-state index in [-0.39, 0.29) is 0 Å². The fraction of sp³-hybridized carbons (Fsp3) is 0.556. The summed E-state index contributed by atoms with van der Waals surface area (Å²) in [6, 6.07) is 0. The molecular formula is C9H14N2S. The van der Waals surface area contributed by atoms with Gasteiger partial charge in [0.1, 0.15) is 0 Å². The minimum Gasteiger partial charge on any atom is -0.236 e. The molecule has 2 nitrogen and oxygen atoms in total. The molecule has 1 aromatic rings. The summed E-state index contributed by atoms with van der Waals surface area (Å²) < 4.78 is 0. The Balaban J connectivity index is 2.67. The molecule has 0 amide bonds. The summed E-state index contributed by atoms with van der Waals surface area (Å²) in [5.41, 5.74) is 1.16. The lowest BCUT2D eigenvalue weighted by atomic mass is 10.0. The van der Waals surface area contributed by atoms with Crippen LogP contribution in [0.1, 0.15) is 38.3 Å². The maximum absolute atomic E-state index is 4.34. The van der Waals surface area contributed by atoms with Crippen LogP contribution in [-0.4, -0.2) is 11.7 Å². The van der Waals surface area contributed by atoms with Gasteiger partial charge in [0.05, 0.1) is 5.69 Å². The maximum Gasteiger partial charge on any atom is 0.208 e. The van der Waals surface area contributed by atoms with Crippen molar-refractivity contribution in [2.75, 3.05) is 0 Å². The molecule has 0 spiro atoms. The number of aliphatic imine (C=N–C) groups is 1. The highest BCUT2D eigenvalue weighted by Gasteiger charge is 2.07. The van der Waals surface area contributed by atoms with Crippen molar-refractivity contribution in [2.45, 2.75) is 32.6 Å². The first-order valence-electron chi connectivity index (χ1n) is 4.20. The zero-order valence-corrected chi connectivity index (χ0v) is 8.40. The Labute approximate surface area is 77.4 Å². The van der Waals surface area contributed by atoms with E-state index in [2.05, 4.69) is 35.9 Å². The van der Waals surface area contributed by atoms with Gasteiger partial charge in [-0.2, -0.15) is 0 Å². The fourth-order valence-corrected chi connectivity index (χ4v) is 1.90. The average Bonchev–Trinajstić information content (AvgIpc) is 2.52. The third kappa shape index (κ3) is 2.14. The SMILES string of the molecule is C=Nc1nc(C(C)CCC)cs1. The van der Waals surface area contributed by atoms with E-state index in [1.54, 1.807) is 11.3 Å². The molecule has 0 N–H and O–H groups in total. The Hall–Kier alpha value is -0.700. The molecule has 0 bridgehead atoms. The smallest absolute Gasteiger partial charge is 0.208 e. The molecular weight excluding hydrogens is 168 g/mol. The van der Waals surface area contributed by atoms with Crippen molar-refractivity contribution in [2.24, 2.45) is 4.99 Å². The first kappa shape index (κ1) is 9.39. The van der Waals surface area contributed by atoms with Gasteiger partial charge in [-0.3, -0.25) is 0 Å². The van der Waals surface area contributed by atoms with Crippen LogP contribution in [0, 0.1) is 0 Å². The minimum atomic E-state index is 0.557. The summed E-state index contributed by atoms with van der Waals surface area (Å²) in [7, 11) is 0. The van der Waals surface area contributed by atoms with E-state index in [0.717, 1.165) is 10.8 Å². The second kappa shape index (κ2) is 4.36. The fourth-order valence-electron chi connectivity index (χ4n) is 1.16. The quantitative estimate of drug-likeness (QED) is 0.655. The van der Waals surface area contributed by atoms with Crippen LogP contribution < -0.4 is 0 Å². The predicted octanol–water partition coefficient (Wildman–Crippen LogP) is 3.38. The lowest BCUT2D eigenvalue weighted by molar-refractivity contribution is 0.651. The summed E-state index contributed by atoms with van der Waals surface area (Å²) in [6.07, 6.45) is 2.40. The van der Waals surface area contributed by atoms with Gasteiger partial charge in [-0.1, -0.05) is 20.3 Å². The molecule has 3 heteroatoms. The van der Waals surface area contributed by atoms with E-state index in [1.165, 1.54) is 12.8 Å². The maximum atomic E-state index is 4.34. The Bertz CT molecular complexity index is 255. The zero-order chi connectivity index (χ0) is 8.97. The van der Waals surface area contributed by atoms with E-state index >= 15 is 0 Å². The molecule has 0 fully saturated rings. The monoisotopic (exact) mass is 182 g/mol. The molecule has 0 aromatic carbocycles. The molecule has 0 saturated carbocycles.